The molecule has 1 saturated heterocycles. The van der Waals surface area contributed by atoms with Crippen LogP contribution in [0.2, 0.25) is 0 Å². The fourth-order valence-corrected chi connectivity index (χ4v) is 3.21. The number of rotatable bonds is 2. The Kier molecular flexibility index (Phi) is 3.14. The van der Waals surface area contributed by atoms with Crippen LogP contribution in [-0.4, -0.2) is 42.5 Å². The Hall–Kier alpha value is -1.62. The van der Waals surface area contributed by atoms with Crippen molar-refractivity contribution in [3.8, 4) is 0 Å². The van der Waals surface area contributed by atoms with Gasteiger partial charge in [0, 0.05) is 30.4 Å². The van der Waals surface area contributed by atoms with Gasteiger partial charge in [0.15, 0.2) is 0 Å². The first-order valence-corrected chi connectivity index (χ1v) is 6.87. The van der Waals surface area contributed by atoms with Gasteiger partial charge in [0.2, 0.25) is 0 Å². The Labute approximate surface area is 113 Å². The lowest BCUT2D eigenvalue weighted by Gasteiger charge is -2.36. The molecule has 0 radical (unpaired) electrons. The second kappa shape index (κ2) is 4.81. The monoisotopic (exact) mass is 261 g/mol. The highest BCUT2D eigenvalue weighted by Crippen LogP contribution is 2.34. The molecular formula is C14H19N3O2. The molecule has 0 saturated carbocycles. The molecule has 0 spiro atoms. The van der Waals surface area contributed by atoms with E-state index in [0.717, 1.165) is 31.6 Å². The molecule has 1 fully saturated rings. The van der Waals surface area contributed by atoms with E-state index in [4.69, 9.17) is 0 Å². The van der Waals surface area contributed by atoms with Crippen LogP contribution in [0, 0.1) is 10.1 Å². The van der Waals surface area contributed by atoms with Crippen LogP contribution in [0.3, 0.4) is 0 Å². The fourth-order valence-electron chi connectivity index (χ4n) is 3.21. The third kappa shape index (κ3) is 2.30. The SMILES string of the molecule is CN1CCC(N2CCc3cc([N+](=O)[O-])ccc32)CC1. The molecule has 102 valence electrons. The van der Waals surface area contributed by atoms with Crippen LogP contribution in [0.4, 0.5) is 11.4 Å². The van der Waals surface area contributed by atoms with Crippen molar-refractivity contribution in [1.29, 1.82) is 0 Å². The summed E-state index contributed by atoms with van der Waals surface area (Å²) in [7, 11) is 2.16. The molecule has 2 heterocycles. The lowest BCUT2D eigenvalue weighted by Crippen LogP contribution is -2.43. The number of fused-ring (bicyclic) bond motifs is 1. The number of piperidine rings is 1. The van der Waals surface area contributed by atoms with Gasteiger partial charge in [0.1, 0.15) is 0 Å². The van der Waals surface area contributed by atoms with Crippen LogP contribution in [0.1, 0.15) is 18.4 Å². The minimum Gasteiger partial charge on any atom is -0.368 e. The Morgan fingerprint density at radius 1 is 1.26 bits per heavy atom. The number of nitrogens with zero attached hydrogens (tertiary/aromatic N) is 3. The van der Waals surface area contributed by atoms with Crippen molar-refractivity contribution in [3.05, 3.63) is 33.9 Å². The van der Waals surface area contributed by atoms with Crippen molar-refractivity contribution in [2.75, 3.05) is 31.6 Å². The number of benzene rings is 1. The summed E-state index contributed by atoms with van der Waals surface area (Å²) >= 11 is 0. The summed E-state index contributed by atoms with van der Waals surface area (Å²) in [6.07, 6.45) is 3.31. The summed E-state index contributed by atoms with van der Waals surface area (Å²) in [5.41, 5.74) is 2.55. The standard InChI is InChI=1S/C14H19N3O2/c1-15-7-5-12(6-8-15)16-9-4-11-10-13(17(18)19)2-3-14(11)16/h2-3,10,12H,4-9H2,1H3. The van der Waals surface area contributed by atoms with Gasteiger partial charge in [-0.1, -0.05) is 0 Å². The van der Waals surface area contributed by atoms with Gasteiger partial charge in [-0.05, 0) is 51.0 Å². The van der Waals surface area contributed by atoms with E-state index in [1.165, 1.54) is 18.5 Å². The summed E-state index contributed by atoms with van der Waals surface area (Å²) in [6.45, 7) is 3.29. The minimum absolute atomic E-state index is 0.212. The third-order valence-corrected chi connectivity index (χ3v) is 4.33. The predicted molar refractivity (Wildman–Crippen MR) is 74.7 cm³/mol. The van der Waals surface area contributed by atoms with Gasteiger partial charge in [-0.3, -0.25) is 10.1 Å². The maximum absolute atomic E-state index is 10.8. The van der Waals surface area contributed by atoms with Crippen LogP contribution < -0.4 is 4.90 Å². The maximum atomic E-state index is 10.8. The zero-order valence-electron chi connectivity index (χ0n) is 11.2. The number of hydrogen-bond donors (Lipinski definition) is 0. The number of nitro benzene ring substituents is 1. The summed E-state index contributed by atoms with van der Waals surface area (Å²) in [4.78, 5) is 15.3. The summed E-state index contributed by atoms with van der Waals surface area (Å²) in [6, 6.07) is 5.90. The first-order valence-electron chi connectivity index (χ1n) is 6.87. The van der Waals surface area contributed by atoms with E-state index in [2.05, 4.69) is 16.8 Å². The minimum atomic E-state index is -0.307. The molecule has 0 atom stereocenters. The van der Waals surface area contributed by atoms with Crippen LogP contribution in [0.25, 0.3) is 0 Å². The number of anilines is 1. The molecule has 0 unspecified atom stereocenters. The Morgan fingerprint density at radius 2 is 2.00 bits per heavy atom. The average molecular weight is 261 g/mol. The first kappa shape index (κ1) is 12.4. The molecule has 2 aliphatic heterocycles. The van der Waals surface area contributed by atoms with Gasteiger partial charge in [0.25, 0.3) is 5.69 Å². The van der Waals surface area contributed by atoms with Gasteiger partial charge >= 0.3 is 0 Å². The molecule has 0 amide bonds. The summed E-state index contributed by atoms with van der Waals surface area (Å²) < 4.78 is 0. The first-order chi connectivity index (χ1) is 9.15. The second-order valence-corrected chi connectivity index (χ2v) is 5.55. The molecule has 0 N–H and O–H groups in total. The number of likely N-dealkylation sites (tertiary alicyclic amines) is 1. The van der Waals surface area contributed by atoms with Gasteiger partial charge in [0.05, 0.1) is 4.92 Å². The van der Waals surface area contributed by atoms with Crippen molar-refractivity contribution in [3.63, 3.8) is 0 Å². The molecule has 0 aliphatic carbocycles. The van der Waals surface area contributed by atoms with E-state index < -0.39 is 0 Å². The largest absolute Gasteiger partial charge is 0.368 e. The second-order valence-electron chi connectivity index (χ2n) is 5.55. The molecule has 0 aromatic heterocycles. The van der Waals surface area contributed by atoms with E-state index in [0.29, 0.717) is 6.04 Å². The lowest BCUT2D eigenvalue weighted by molar-refractivity contribution is -0.384. The Morgan fingerprint density at radius 3 is 2.68 bits per heavy atom. The summed E-state index contributed by atoms with van der Waals surface area (Å²) in [5, 5.41) is 10.8. The quantitative estimate of drug-likeness (QED) is 0.604. The van der Waals surface area contributed by atoms with E-state index in [-0.39, 0.29) is 10.6 Å². The Balaban J connectivity index is 1.80. The van der Waals surface area contributed by atoms with Crippen LogP contribution in [0.15, 0.2) is 18.2 Å². The number of non-ortho nitro benzene ring substituents is 1. The van der Waals surface area contributed by atoms with Gasteiger partial charge in [-0.2, -0.15) is 0 Å². The molecule has 19 heavy (non-hydrogen) atoms. The number of nitro groups is 1. The molecular weight excluding hydrogens is 242 g/mol. The highest BCUT2D eigenvalue weighted by molar-refractivity contribution is 5.62. The van der Waals surface area contributed by atoms with Crippen molar-refractivity contribution in [2.45, 2.75) is 25.3 Å². The van der Waals surface area contributed by atoms with Gasteiger partial charge in [-0.15, -0.1) is 0 Å². The molecule has 5 nitrogen and oxygen atoms in total. The topological polar surface area (TPSA) is 49.6 Å². The predicted octanol–water partition coefficient (Wildman–Crippen LogP) is 2.05. The van der Waals surface area contributed by atoms with Crippen LogP contribution in [-0.2, 0) is 6.42 Å². The van der Waals surface area contributed by atoms with Crippen LogP contribution in [0.5, 0.6) is 0 Å². The molecule has 1 aromatic rings. The highest BCUT2D eigenvalue weighted by Gasteiger charge is 2.29. The van der Waals surface area contributed by atoms with E-state index in [1.807, 2.05) is 6.07 Å². The van der Waals surface area contributed by atoms with Crippen molar-refractivity contribution < 1.29 is 4.92 Å². The highest BCUT2D eigenvalue weighted by atomic mass is 16.6. The van der Waals surface area contributed by atoms with E-state index >= 15 is 0 Å². The van der Waals surface area contributed by atoms with Crippen molar-refractivity contribution in [1.82, 2.24) is 4.90 Å². The Bertz CT molecular complexity index is 495. The van der Waals surface area contributed by atoms with Crippen molar-refractivity contribution >= 4 is 11.4 Å². The van der Waals surface area contributed by atoms with E-state index in [9.17, 15) is 10.1 Å². The fraction of sp³-hybridized carbons (Fsp3) is 0.571. The molecule has 2 aliphatic rings. The zero-order chi connectivity index (χ0) is 13.4. The van der Waals surface area contributed by atoms with Crippen LogP contribution >= 0.6 is 0 Å². The molecule has 0 bridgehead atoms. The molecule has 3 rings (SSSR count). The maximum Gasteiger partial charge on any atom is 0.269 e. The zero-order valence-corrected chi connectivity index (χ0v) is 11.2. The smallest absolute Gasteiger partial charge is 0.269 e. The third-order valence-electron chi connectivity index (χ3n) is 4.33. The van der Waals surface area contributed by atoms with Gasteiger partial charge < -0.3 is 9.80 Å². The molecule has 5 heteroatoms. The molecule has 1 aromatic carbocycles. The van der Waals surface area contributed by atoms with Gasteiger partial charge in [-0.25, -0.2) is 0 Å². The van der Waals surface area contributed by atoms with Crippen molar-refractivity contribution in [2.24, 2.45) is 0 Å². The number of hydrogen-bond acceptors (Lipinski definition) is 4. The normalized spacial score (nSPS) is 20.6. The lowest BCUT2D eigenvalue weighted by atomic mass is 10.0. The van der Waals surface area contributed by atoms with E-state index in [1.54, 1.807) is 12.1 Å². The average Bonchev–Trinajstić information content (AvgIpc) is 2.82. The summed E-state index contributed by atoms with van der Waals surface area (Å²) in [5.74, 6) is 0.